The van der Waals surface area contributed by atoms with Crippen LogP contribution in [0, 0.1) is 0 Å². The Morgan fingerprint density at radius 3 is 2.88 bits per heavy atom. The average Bonchev–Trinajstić information content (AvgIpc) is 2.65. The summed E-state index contributed by atoms with van der Waals surface area (Å²) in [7, 11) is 1.70. The van der Waals surface area contributed by atoms with Crippen molar-refractivity contribution < 1.29 is 4.74 Å². The van der Waals surface area contributed by atoms with E-state index in [-0.39, 0.29) is 5.69 Å². The highest BCUT2D eigenvalue weighted by Crippen LogP contribution is 2.15. The van der Waals surface area contributed by atoms with Gasteiger partial charge in [0.25, 0.3) is 0 Å². The van der Waals surface area contributed by atoms with Gasteiger partial charge in [0.2, 0.25) is 0 Å². The number of nitrogens with one attached hydrogen (secondary N) is 3. The van der Waals surface area contributed by atoms with Crippen molar-refractivity contribution in [2.45, 2.75) is 19.4 Å². The van der Waals surface area contributed by atoms with Crippen LogP contribution in [0.25, 0.3) is 11.0 Å². The van der Waals surface area contributed by atoms with Gasteiger partial charge < -0.3 is 20.0 Å². The lowest BCUT2D eigenvalue weighted by Crippen LogP contribution is -2.16. The van der Waals surface area contributed by atoms with Gasteiger partial charge in [-0.2, -0.15) is 0 Å². The minimum atomic E-state index is -0.176. The van der Waals surface area contributed by atoms with Crippen molar-refractivity contribution in [2.24, 2.45) is 0 Å². The largest absolute Gasteiger partial charge is 0.385 e. The summed E-state index contributed by atoms with van der Waals surface area (Å²) in [5, 5.41) is 3.36. The Balaban J connectivity index is 2.10. The Hall–Kier alpha value is -1.75. The Bertz CT molecular complexity index is 544. The van der Waals surface area contributed by atoms with Gasteiger partial charge in [-0.3, -0.25) is 0 Å². The fourth-order valence-electron chi connectivity index (χ4n) is 1.77. The van der Waals surface area contributed by atoms with E-state index in [2.05, 4.69) is 22.2 Å². The van der Waals surface area contributed by atoms with E-state index in [9.17, 15) is 4.79 Å². The van der Waals surface area contributed by atoms with Crippen LogP contribution in [0.4, 0.5) is 5.69 Å². The molecule has 92 valence electrons. The van der Waals surface area contributed by atoms with E-state index >= 15 is 0 Å². The van der Waals surface area contributed by atoms with E-state index in [0.717, 1.165) is 29.7 Å². The van der Waals surface area contributed by atoms with Crippen LogP contribution < -0.4 is 11.0 Å². The third kappa shape index (κ3) is 2.88. The van der Waals surface area contributed by atoms with Gasteiger partial charge in [-0.05, 0) is 31.5 Å². The van der Waals surface area contributed by atoms with E-state index in [1.807, 2.05) is 18.2 Å². The topological polar surface area (TPSA) is 69.9 Å². The number of aromatic amines is 2. The SMILES string of the molecule is COCCC(C)Nc1ccc2[nH]c(=O)[nH]c2c1. The van der Waals surface area contributed by atoms with Crippen molar-refractivity contribution in [3.05, 3.63) is 28.7 Å². The molecule has 5 heteroatoms. The maximum Gasteiger partial charge on any atom is 0.323 e. The zero-order valence-corrected chi connectivity index (χ0v) is 10.0. The predicted octanol–water partition coefficient (Wildman–Crippen LogP) is 1.69. The van der Waals surface area contributed by atoms with Crippen molar-refractivity contribution in [3.8, 4) is 0 Å². The molecule has 2 aromatic rings. The number of hydrogen-bond acceptors (Lipinski definition) is 3. The highest BCUT2D eigenvalue weighted by molar-refractivity contribution is 5.78. The monoisotopic (exact) mass is 235 g/mol. The Morgan fingerprint density at radius 2 is 2.12 bits per heavy atom. The summed E-state index contributed by atoms with van der Waals surface area (Å²) in [6, 6.07) is 6.10. The summed E-state index contributed by atoms with van der Waals surface area (Å²) in [5.74, 6) is 0. The van der Waals surface area contributed by atoms with Gasteiger partial charge in [-0.1, -0.05) is 0 Å². The van der Waals surface area contributed by atoms with E-state index in [1.165, 1.54) is 0 Å². The molecule has 1 unspecified atom stereocenters. The van der Waals surface area contributed by atoms with Crippen LogP contribution >= 0.6 is 0 Å². The molecule has 0 fully saturated rings. The third-order valence-corrected chi connectivity index (χ3v) is 2.68. The number of imidazole rings is 1. The normalized spacial score (nSPS) is 12.8. The van der Waals surface area contributed by atoms with Gasteiger partial charge in [0.1, 0.15) is 0 Å². The molecule has 2 rings (SSSR count). The molecule has 5 nitrogen and oxygen atoms in total. The standard InChI is InChI=1S/C12H17N3O2/c1-8(5-6-17-2)13-9-3-4-10-11(7-9)15-12(16)14-10/h3-4,7-8,13H,5-6H2,1-2H3,(H2,14,15,16). The van der Waals surface area contributed by atoms with Gasteiger partial charge in [-0.25, -0.2) is 4.79 Å². The van der Waals surface area contributed by atoms with Gasteiger partial charge in [0.05, 0.1) is 11.0 Å². The molecule has 0 bridgehead atoms. The van der Waals surface area contributed by atoms with Gasteiger partial charge in [0, 0.05) is 25.4 Å². The van der Waals surface area contributed by atoms with E-state index in [1.54, 1.807) is 7.11 Å². The summed E-state index contributed by atoms with van der Waals surface area (Å²) in [4.78, 5) is 16.6. The Kier molecular flexibility index (Phi) is 3.49. The number of aromatic nitrogens is 2. The molecule has 17 heavy (non-hydrogen) atoms. The summed E-state index contributed by atoms with van der Waals surface area (Å²) >= 11 is 0. The fourth-order valence-corrected chi connectivity index (χ4v) is 1.77. The number of ether oxygens (including phenoxy) is 1. The molecule has 0 aliphatic carbocycles. The van der Waals surface area contributed by atoms with Crippen LogP contribution in [0.2, 0.25) is 0 Å². The number of methoxy groups -OCH3 is 1. The fraction of sp³-hybridized carbons (Fsp3) is 0.417. The molecule has 1 atom stereocenters. The second kappa shape index (κ2) is 5.05. The van der Waals surface area contributed by atoms with E-state index < -0.39 is 0 Å². The minimum absolute atomic E-state index is 0.176. The lowest BCUT2D eigenvalue weighted by atomic mass is 10.2. The van der Waals surface area contributed by atoms with Crippen molar-refractivity contribution in [1.29, 1.82) is 0 Å². The molecule has 1 aromatic carbocycles. The molecule has 0 saturated heterocycles. The van der Waals surface area contributed by atoms with Gasteiger partial charge >= 0.3 is 5.69 Å². The number of hydrogen-bond donors (Lipinski definition) is 3. The maximum atomic E-state index is 11.1. The number of rotatable bonds is 5. The van der Waals surface area contributed by atoms with Crippen LogP contribution in [0.1, 0.15) is 13.3 Å². The highest BCUT2D eigenvalue weighted by atomic mass is 16.5. The molecule has 3 N–H and O–H groups in total. The van der Waals surface area contributed by atoms with E-state index in [0.29, 0.717) is 6.04 Å². The van der Waals surface area contributed by atoms with Crippen molar-refractivity contribution in [1.82, 2.24) is 9.97 Å². The van der Waals surface area contributed by atoms with E-state index in [4.69, 9.17) is 4.74 Å². The zero-order chi connectivity index (χ0) is 12.3. The smallest absolute Gasteiger partial charge is 0.323 e. The van der Waals surface area contributed by atoms with Crippen molar-refractivity contribution in [2.75, 3.05) is 19.0 Å². The zero-order valence-electron chi connectivity index (χ0n) is 10.0. The van der Waals surface area contributed by atoms with Crippen LogP contribution in [0.5, 0.6) is 0 Å². The molecule has 0 saturated carbocycles. The molecule has 0 aliphatic heterocycles. The van der Waals surface area contributed by atoms with Crippen molar-refractivity contribution in [3.63, 3.8) is 0 Å². The molecule has 0 radical (unpaired) electrons. The molecule has 0 aliphatic rings. The maximum absolute atomic E-state index is 11.1. The number of H-pyrrole nitrogens is 2. The first-order valence-electron chi connectivity index (χ1n) is 5.66. The van der Waals surface area contributed by atoms with Crippen LogP contribution in [-0.4, -0.2) is 29.7 Å². The summed E-state index contributed by atoms with van der Waals surface area (Å²) < 4.78 is 5.03. The predicted molar refractivity (Wildman–Crippen MR) is 68.5 cm³/mol. The Labute approximate surface area is 99.2 Å². The van der Waals surface area contributed by atoms with Gasteiger partial charge in [-0.15, -0.1) is 0 Å². The second-order valence-corrected chi connectivity index (χ2v) is 4.17. The number of fused-ring (bicyclic) bond motifs is 1. The molecule has 1 aromatic heterocycles. The first-order chi connectivity index (χ1) is 8.19. The molecule has 0 spiro atoms. The second-order valence-electron chi connectivity index (χ2n) is 4.17. The molecule has 1 heterocycles. The summed E-state index contributed by atoms with van der Waals surface area (Å²) in [6.45, 7) is 2.83. The van der Waals surface area contributed by atoms with Crippen LogP contribution in [0.15, 0.2) is 23.0 Å². The lowest BCUT2D eigenvalue weighted by molar-refractivity contribution is 0.191. The lowest BCUT2D eigenvalue weighted by Gasteiger charge is -2.14. The van der Waals surface area contributed by atoms with Gasteiger partial charge in [0.15, 0.2) is 0 Å². The molecular weight excluding hydrogens is 218 g/mol. The van der Waals surface area contributed by atoms with Crippen LogP contribution in [-0.2, 0) is 4.74 Å². The van der Waals surface area contributed by atoms with Crippen LogP contribution in [0.3, 0.4) is 0 Å². The molecular formula is C12H17N3O2. The molecule has 0 amide bonds. The summed E-state index contributed by atoms with van der Waals surface area (Å²) in [6.07, 6.45) is 0.943. The first kappa shape index (κ1) is 11.7. The quantitative estimate of drug-likeness (QED) is 0.738. The third-order valence-electron chi connectivity index (χ3n) is 2.68. The first-order valence-corrected chi connectivity index (χ1v) is 5.66. The highest BCUT2D eigenvalue weighted by Gasteiger charge is 2.03. The minimum Gasteiger partial charge on any atom is -0.385 e. The number of benzene rings is 1. The summed E-state index contributed by atoms with van der Waals surface area (Å²) in [5.41, 5.74) is 2.46. The van der Waals surface area contributed by atoms with Crippen molar-refractivity contribution >= 4 is 16.7 Å². The Morgan fingerprint density at radius 1 is 1.35 bits per heavy atom. The number of anilines is 1. The average molecular weight is 235 g/mol.